The topological polar surface area (TPSA) is 78.9 Å². The summed E-state index contributed by atoms with van der Waals surface area (Å²) in [7, 11) is 1.85. The van der Waals surface area contributed by atoms with Gasteiger partial charge in [0.15, 0.2) is 0 Å². The molecule has 0 atom stereocenters. The van der Waals surface area contributed by atoms with Crippen LogP contribution in [0.1, 0.15) is 43.8 Å². The van der Waals surface area contributed by atoms with E-state index < -0.39 is 0 Å². The fraction of sp³-hybridized carbons (Fsp3) is 0.643. The lowest BCUT2D eigenvalue weighted by molar-refractivity contribution is -0.120. The number of hydrogen-bond acceptors (Lipinski definition) is 5. The zero-order valence-electron chi connectivity index (χ0n) is 11.8. The van der Waals surface area contributed by atoms with Crippen LogP contribution in [0.15, 0.2) is 6.07 Å². The number of anilines is 2. The van der Waals surface area contributed by atoms with Crippen LogP contribution >= 0.6 is 0 Å². The van der Waals surface area contributed by atoms with E-state index in [9.17, 15) is 4.79 Å². The van der Waals surface area contributed by atoms with Gasteiger partial charge in [0.1, 0.15) is 17.5 Å². The smallest absolute Gasteiger partial charge is 0.221 e. The van der Waals surface area contributed by atoms with E-state index in [1.165, 1.54) is 12.8 Å². The minimum absolute atomic E-state index is 0.116. The van der Waals surface area contributed by atoms with Crippen LogP contribution in [0.25, 0.3) is 0 Å². The summed E-state index contributed by atoms with van der Waals surface area (Å²) in [6.07, 6.45) is 5.09. The highest BCUT2D eigenvalue weighted by Crippen LogP contribution is 2.38. The molecule has 2 fully saturated rings. The van der Waals surface area contributed by atoms with Crippen LogP contribution in [0, 0.1) is 0 Å². The summed E-state index contributed by atoms with van der Waals surface area (Å²) in [6.45, 7) is 0.600. The van der Waals surface area contributed by atoms with Crippen LogP contribution < -0.4 is 16.0 Å². The lowest BCUT2D eigenvalue weighted by Gasteiger charge is -2.09. The van der Waals surface area contributed by atoms with Gasteiger partial charge in [0, 0.05) is 38.0 Å². The first-order valence-electron chi connectivity index (χ1n) is 7.34. The van der Waals surface area contributed by atoms with Crippen molar-refractivity contribution in [3.05, 3.63) is 11.9 Å². The SMILES string of the molecule is CNc1cc(NCCC(=O)NC2CC2)nc(C2CC2)n1. The van der Waals surface area contributed by atoms with Gasteiger partial charge in [0.2, 0.25) is 5.91 Å². The first-order valence-corrected chi connectivity index (χ1v) is 7.34. The molecule has 0 aliphatic heterocycles. The third-order valence-corrected chi connectivity index (χ3v) is 3.54. The third kappa shape index (κ3) is 3.59. The van der Waals surface area contributed by atoms with Crippen molar-refractivity contribution in [1.29, 1.82) is 0 Å². The van der Waals surface area contributed by atoms with Gasteiger partial charge in [-0.1, -0.05) is 0 Å². The van der Waals surface area contributed by atoms with E-state index in [2.05, 4.69) is 25.9 Å². The van der Waals surface area contributed by atoms with Gasteiger partial charge < -0.3 is 16.0 Å². The molecule has 1 aromatic rings. The van der Waals surface area contributed by atoms with E-state index in [0.29, 0.717) is 24.9 Å². The predicted octanol–water partition coefficient (Wildman–Crippen LogP) is 1.48. The molecule has 6 nitrogen and oxygen atoms in total. The van der Waals surface area contributed by atoms with Gasteiger partial charge in [-0.25, -0.2) is 9.97 Å². The van der Waals surface area contributed by atoms with E-state index in [1.54, 1.807) is 0 Å². The van der Waals surface area contributed by atoms with E-state index in [-0.39, 0.29) is 5.91 Å². The number of carbonyl (C=O) groups is 1. The fourth-order valence-corrected chi connectivity index (χ4v) is 2.04. The molecule has 0 spiro atoms. The van der Waals surface area contributed by atoms with Gasteiger partial charge >= 0.3 is 0 Å². The highest BCUT2D eigenvalue weighted by atomic mass is 16.1. The van der Waals surface area contributed by atoms with E-state index >= 15 is 0 Å². The highest BCUT2D eigenvalue weighted by Gasteiger charge is 2.27. The van der Waals surface area contributed by atoms with Crippen LogP contribution in [0.5, 0.6) is 0 Å². The van der Waals surface area contributed by atoms with Gasteiger partial charge in [-0.3, -0.25) is 4.79 Å². The number of nitrogens with one attached hydrogen (secondary N) is 3. The molecule has 0 unspecified atom stereocenters. The van der Waals surface area contributed by atoms with Gasteiger partial charge in [0.05, 0.1) is 0 Å². The number of carbonyl (C=O) groups excluding carboxylic acids is 1. The first kappa shape index (κ1) is 13.1. The van der Waals surface area contributed by atoms with E-state index in [0.717, 1.165) is 30.3 Å². The summed E-state index contributed by atoms with van der Waals surface area (Å²) in [6, 6.07) is 2.31. The van der Waals surface area contributed by atoms with Crippen molar-refractivity contribution in [2.24, 2.45) is 0 Å². The van der Waals surface area contributed by atoms with E-state index in [4.69, 9.17) is 0 Å². The van der Waals surface area contributed by atoms with Crippen molar-refractivity contribution in [1.82, 2.24) is 15.3 Å². The molecule has 108 valence electrons. The Morgan fingerprint density at radius 2 is 2.00 bits per heavy atom. The fourth-order valence-electron chi connectivity index (χ4n) is 2.04. The van der Waals surface area contributed by atoms with Crippen molar-refractivity contribution < 1.29 is 4.79 Å². The molecule has 2 aliphatic rings. The molecule has 0 saturated heterocycles. The molecule has 0 radical (unpaired) electrons. The minimum atomic E-state index is 0.116. The Balaban J connectivity index is 1.52. The second kappa shape index (κ2) is 5.64. The molecule has 6 heteroatoms. The maximum absolute atomic E-state index is 11.6. The Bertz CT molecular complexity index is 496. The number of aromatic nitrogens is 2. The molecule has 2 aliphatic carbocycles. The normalized spacial score (nSPS) is 17.6. The first-order chi connectivity index (χ1) is 9.74. The van der Waals surface area contributed by atoms with E-state index in [1.807, 2.05) is 13.1 Å². The molecule has 20 heavy (non-hydrogen) atoms. The van der Waals surface area contributed by atoms with Crippen LogP contribution in [0.2, 0.25) is 0 Å². The maximum Gasteiger partial charge on any atom is 0.221 e. The Morgan fingerprint density at radius 1 is 1.25 bits per heavy atom. The molecule has 2 saturated carbocycles. The van der Waals surface area contributed by atoms with Crippen molar-refractivity contribution >= 4 is 17.5 Å². The quantitative estimate of drug-likeness (QED) is 0.702. The summed E-state index contributed by atoms with van der Waals surface area (Å²) in [4.78, 5) is 20.6. The second-order valence-corrected chi connectivity index (χ2v) is 5.54. The average Bonchev–Trinajstić information content (AvgIpc) is 3.31. The summed E-state index contributed by atoms with van der Waals surface area (Å²) in [5.41, 5.74) is 0. The molecule has 3 rings (SSSR count). The predicted molar refractivity (Wildman–Crippen MR) is 77.8 cm³/mol. The van der Waals surface area contributed by atoms with Crippen molar-refractivity contribution in [2.45, 2.75) is 44.1 Å². The Kier molecular flexibility index (Phi) is 3.71. The average molecular weight is 275 g/mol. The van der Waals surface area contributed by atoms with Crippen LogP contribution in [0.4, 0.5) is 11.6 Å². The lowest BCUT2D eigenvalue weighted by Crippen LogP contribution is -2.27. The maximum atomic E-state index is 11.6. The Labute approximate surface area is 118 Å². The molecule has 1 heterocycles. The van der Waals surface area contributed by atoms with Crippen LogP contribution in [0.3, 0.4) is 0 Å². The minimum Gasteiger partial charge on any atom is -0.373 e. The monoisotopic (exact) mass is 275 g/mol. The summed E-state index contributed by atoms with van der Waals surface area (Å²) >= 11 is 0. The zero-order chi connectivity index (χ0) is 13.9. The molecular formula is C14H21N5O. The van der Waals surface area contributed by atoms with Gasteiger partial charge in [0.25, 0.3) is 0 Å². The van der Waals surface area contributed by atoms with Crippen LogP contribution in [-0.4, -0.2) is 35.5 Å². The standard InChI is InChI=1S/C14H21N5O/c1-15-11-8-12(19-14(18-11)9-2-3-9)16-7-6-13(20)17-10-4-5-10/h8-10H,2-7H2,1H3,(H,17,20)(H2,15,16,18,19). The molecule has 1 aromatic heterocycles. The zero-order valence-corrected chi connectivity index (χ0v) is 11.8. The molecular weight excluding hydrogens is 254 g/mol. The van der Waals surface area contributed by atoms with Gasteiger partial charge in [-0.15, -0.1) is 0 Å². The van der Waals surface area contributed by atoms with Crippen molar-refractivity contribution in [3.63, 3.8) is 0 Å². The summed E-state index contributed by atoms with van der Waals surface area (Å²) in [5, 5.41) is 9.25. The summed E-state index contributed by atoms with van der Waals surface area (Å²) < 4.78 is 0. The second-order valence-electron chi connectivity index (χ2n) is 5.54. The number of hydrogen-bond donors (Lipinski definition) is 3. The summed E-state index contributed by atoms with van der Waals surface area (Å²) in [5.74, 6) is 3.16. The molecule has 3 N–H and O–H groups in total. The lowest BCUT2D eigenvalue weighted by atomic mass is 10.3. The third-order valence-electron chi connectivity index (χ3n) is 3.54. The van der Waals surface area contributed by atoms with Gasteiger partial charge in [-0.2, -0.15) is 0 Å². The largest absolute Gasteiger partial charge is 0.373 e. The molecule has 0 bridgehead atoms. The molecule has 1 amide bonds. The number of rotatable bonds is 7. The Hall–Kier alpha value is -1.85. The molecule has 0 aromatic carbocycles. The Morgan fingerprint density at radius 3 is 2.65 bits per heavy atom. The van der Waals surface area contributed by atoms with Crippen LogP contribution in [-0.2, 0) is 4.79 Å². The van der Waals surface area contributed by atoms with Gasteiger partial charge in [-0.05, 0) is 25.7 Å². The number of nitrogens with zero attached hydrogens (tertiary/aromatic N) is 2. The highest BCUT2D eigenvalue weighted by molar-refractivity contribution is 5.77. The van der Waals surface area contributed by atoms with Crippen molar-refractivity contribution in [2.75, 3.05) is 24.2 Å². The van der Waals surface area contributed by atoms with Crippen molar-refractivity contribution in [3.8, 4) is 0 Å². The number of amides is 1.